The molecule has 2 aliphatic rings. The third kappa shape index (κ3) is 2.00. The second-order valence-corrected chi connectivity index (χ2v) is 5.58. The van der Waals surface area contributed by atoms with E-state index in [1.807, 2.05) is 6.92 Å². The number of carbonyl (C=O) groups is 1. The quantitative estimate of drug-likeness (QED) is 0.370. The number of allylic oxidation sites excluding steroid dienone is 4. The van der Waals surface area contributed by atoms with Crippen LogP contribution in [-0.4, -0.2) is 6.29 Å². The highest BCUT2D eigenvalue weighted by atomic mass is 16.1. The van der Waals surface area contributed by atoms with E-state index < -0.39 is 0 Å². The van der Waals surface area contributed by atoms with Crippen molar-refractivity contribution in [2.45, 2.75) is 46.5 Å². The molecule has 0 aromatic heterocycles. The van der Waals surface area contributed by atoms with Gasteiger partial charge in [-0.1, -0.05) is 24.1 Å². The molecule has 0 aliphatic heterocycles. The van der Waals surface area contributed by atoms with Crippen molar-refractivity contribution in [3.05, 3.63) is 22.8 Å². The molecule has 3 atom stereocenters. The highest BCUT2D eigenvalue weighted by molar-refractivity contribution is 5.74. The first kappa shape index (κ1) is 11.6. The van der Waals surface area contributed by atoms with Crippen LogP contribution in [-0.2, 0) is 4.79 Å². The van der Waals surface area contributed by atoms with E-state index >= 15 is 0 Å². The molecule has 0 N–H and O–H groups in total. The Hall–Kier alpha value is -0.850. The minimum absolute atomic E-state index is 0.558. The molecular weight excluding hydrogens is 196 g/mol. The molecule has 88 valence electrons. The van der Waals surface area contributed by atoms with E-state index in [0.29, 0.717) is 5.92 Å². The van der Waals surface area contributed by atoms with Gasteiger partial charge < -0.3 is 0 Å². The van der Waals surface area contributed by atoms with E-state index in [2.05, 4.69) is 19.9 Å². The normalized spacial score (nSPS) is 37.4. The molecule has 0 heterocycles. The Morgan fingerprint density at radius 2 is 2.12 bits per heavy atom. The molecule has 0 unspecified atom stereocenters. The third-order valence-electron chi connectivity index (χ3n) is 4.48. The molecule has 0 aromatic rings. The lowest BCUT2D eigenvalue weighted by Gasteiger charge is -2.40. The lowest BCUT2D eigenvalue weighted by molar-refractivity contribution is -0.105. The van der Waals surface area contributed by atoms with Crippen LogP contribution in [0.25, 0.3) is 0 Å². The monoisotopic (exact) mass is 218 g/mol. The van der Waals surface area contributed by atoms with Gasteiger partial charge in [0.25, 0.3) is 0 Å². The summed E-state index contributed by atoms with van der Waals surface area (Å²) in [6, 6.07) is 0. The second kappa shape index (κ2) is 4.57. The molecule has 0 spiro atoms. The van der Waals surface area contributed by atoms with E-state index in [9.17, 15) is 4.79 Å². The molecule has 0 amide bonds. The third-order valence-corrected chi connectivity index (χ3v) is 4.48. The van der Waals surface area contributed by atoms with Gasteiger partial charge >= 0.3 is 0 Å². The van der Waals surface area contributed by atoms with Gasteiger partial charge in [-0.3, -0.25) is 4.79 Å². The van der Waals surface area contributed by atoms with Gasteiger partial charge in [-0.05, 0) is 56.9 Å². The van der Waals surface area contributed by atoms with Crippen molar-refractivity contribution in [1.82, 2.24) is 0 Å². The standard InChI is InChI=1S/C15H22O/c1-10-4-6-13-11(2)5-7-14(12(3)9-16)15(13)8-10/h8-9,11,13,15H,4-7H2,1-3H3/b14-12-/t11-,13+,15-/m1/s1. The molecule has 0 radical (unpaired) electrons. The van der Waals surface area contributed by atoms with E-state index in [0.717, 1.165) is 30.1 Å². The molecule has 2 rings (SSSR count). The summed E-state index contributed by atoms with van der Waals surface area (Å²) in [6.45, 7) is 6.58. The molecule has 0 saturated heterocycles. The molecule has 0 aromatic carbocycles. The largest absolute Gasteiger partial charge is 0.298 e. The molecule has 1 heteroatoms. The zero-order chi connectivity index (χ0) is 11.7. The topological polar surface area (TPSA) is 17.1 Å². The van der Waals surface area contributed by atoms with Crippen molar-refractivity contribution in [2.75, 3.05) is 0 Å². The SMILES string of the molecule is CC1=C[C@H]2/C(=C(/C)C=O)CC[C@@H](C)[C@@H]2CC1. The fourth-order valence-electron chi connectivity index (χ4n) is 3.38. The Balaban J connectivity index is 2.36. The van der Waals surface area contributed by atoms with E-state index in [4.69, 9.17) is 0 Å². The molecule has 1 saturated carbocycles. The zero-order valence-electron chi connectivity index (χ0n) is 10.6. The molecule has 16 heavy (non-hydrogen) atoms. The maximum Gasteiger partial charge on any atom is 0.145 e. The predicted molar refractivity (Wildman–Crippen MR) is 67.1 cm³/mol. The first-order valence-corrected chi connectivity index (χ1v) is 6.45. The lowest BCUT2D eigenvalue weighted by atomic mass is 9.64. The van der Waals surface area contributed by atoms with Crippen LogP contribution in [0.2, 0.25) is 0 Å². The summed E-state index contributed by atoms with van der Waals surface area (Å²) in [7, 11) is 0. The van der Waals surface area contributed by atoms with Gasteiger partial charge in [-0.25, -0.2) is 0 Å². The zero-order valence-corrected chi connectivity index (χ0v) is 10.6. The highest BCUT2D eigenvalue weighted by Crippen LogP contribution is 2.45. The van der Waals surface area contributed by atoms with Gasteiger partial charge in [0.2, 0.25) is 0 Å². The average molecular weight is 218 g/mol. The highest BCUT2D eigenvalue weighted by Gasteiger charge is 2.35. The van der Waals surface area contributed by atoms with Crippen LogP contribution in [0, 0.1) is 17.8 Å². The number of rotatable bonds is 1. The number of hydrogen-bond donors (Lipinski definition) is 0. The van der Waals surface area contributed by atoms with Crippen LogP contribution >= 0.6 is 0 Å². The summed E-state index contributed by atoms with van der Waals surface area (Å²) in [5, 5.41) is 0. The fourth-order valence-corrected chi connectivity index (χ4v) is 3.38. The Labute approximate surface area is 98.6 Å². The number of hydrogen-bond acceptors (Lipinski definition) is 1. The number of carbonyl (C=O) groups excluding carboxylic acids is 1. The Bertz CT molecular complexity index is 348. The summed E-state index contributed by atoms with van der Waals surface area (Å²) in [6.07, 6.45) is 8.40. The predicted octanol–water partition coefficient (Wildman–Crippen LogP) is 3.90. The minimum Gasteiger partial charge on any atom is -0.298 e. The average Bonchev–Trinajstić information content (AvgIpc) is 2.28. The maximum absolute atomic E-state index is 11.0. The number of fused-ring (bicyclic) bond motifs is 1. The van der Waals surface area contributed by atoms with E-state index in [-0.39, 0.29) is 0 Å². The Kier molecular flexibility index (Phi) is 3.32. The first-order chi connectivity index (χ1) is 7.63. The lowest BCUT2D eigenvalue weighted by Crippen LogP contribution is -2.30. The Morgan fingerprint density at radius 1 is 1.38 bits per heavy atom. The van der Waals surface area contributed by atoms with Crippen LogP contribution in [0.5, 0.6) is 0 Å². The summed E-state index contributed by atoms with van der Waals surface area (Å²) < 4.78 is 0. The fraction of sp³-hybridized carbons (Fsp3) is 0.667. The molecule has 0 bridgehead atoms. The summed E-state index contributed by atoms with van der Waals surface area (Å²) >= 11 is 0. The van der Waals surface area contributed by atoms with E-state index in [1.54, 1.807) is 0 Å². The van der Waals surface area contributed by atoms with Crippen LogP contribution < -0.4 is 0 Å². The van der Waals surface area contributed by atoms with Gasteiger partial charge in [0.15, 0.2) is 0 Å². The van der Waals surface area contributed by atoms with Gasteiger partial charge in [0, 0.05) is 5.92 Å². The number of aldehydes is 1. The smallest absolute Gasteiger partial charge is 0.145 e. The van der Waals surface area contributed by atoms with Crippen LogP contribution in [0.15, 0.2) is 22.8 Å². The summed E-state index contributed by atoms with van der Waals surface area (Å²) in [4.78, 5) is 11.0. The van der Waals surface area contributed by atoms with Crippen LogP contribution in [0.3, 0.4) is 0 Å². The van der Waals surface area contributed by atoms with Crippen molar-refractivity contribution in [2.24, 2.45) is 17.8 Å². The molecular formula is C15H22O. The van der Waals surface area contributed by atoms with Crippen LogP contribution in [0.4, 0.5) is 0 Å². The van der Waals surface area contributed by atoms with Gasteiger partial charge in [0.05, 0.1) is 0 Å². The van der Waals surface area contributed by atoms with Crippen molar-refractivity contribution in [3.63, 3.8) is 0 Å². The van der Waals surface area contributed by atoms with Crippen molar-refractivity contribution in [3.8, 4) is 0 Å². The van der Waals surface area contributed by atoms with Gasteiger partial charge in [-0.2, -0.15) is 0 Å². The van der Waals surface area contributed by atoms with E-state index in [1.165, 1.54) is 30.4 Å². The summed E-state index contributed by atoms with van der Waals surface area (Å²) in [5.41, 5.74) is 3.90. The van der Waals surface area contributed by atoms with Crippen molar-refractivity contribution < 1.29 is 4.79 Å². The second-order valence-electron chi connectivity index (χ2n) is 5.58. The summed E-state index contributed by atoms with van der Waals surface area (Å²) in [5.74, 6) is 2.16. The minimum atomic E-state index is 0.558. The Morgan fingerprint density at radius 3 is 2.81 bits per heavy atom. The first-order valence-electron chi connectivity index (χ1n) is 6.45. The maximum atomic E-state index is 11.0. The van der Waals surface area contributed by atoms with Crippen molar-refractivity contribution in [1.29, 1.82) is 0 Å². The molecule has 1 fully saturated rings. The van der Waals surface area contributed by atoms with Crippen molar-refractivity contribution >= 4 is 6.29 Å². The molecule has 2 aliphatic carbocycles. The van der Waals surface area contributed by atoms with Gasteiger partial charge in [0.1, 0.15) is 6.29 Å². The van der Waals surface area contributed by atoms with Crippen LogP contribution in [0.1, 0.15) is 46.5 Å². The van der Waals surface area contributed by atoms with Gasteiger partial charge in [-0.15, -0.1) is 0 Å². The molecule has 1 nitrogen and oxygen atoms in total.